The third-order valence-corrected chi connectivity index (χ3v) is 4.88. The molecule has 0 aliphatic carbocycles. The predicted molar refractivity (Wildman–Crippen MR) is 106 cm³/mol. The molecule has 7 nitrogen and oxygen atoms in total. The Balaban J connectivity index is 1.55. The molecule has 1 aliphatic rings. The van der Waals surface area contributed by atoms with Gasteiger partial charge in [-0.2, -0.15) is 0 Å². The van der Waals surface area contributed by atoms with Crippen LogP contribution in [-0.2, 0) is 4.74 Å². The van der Waals surface area contributed by atoms with Gasteiger partial charge in [-0.15, -0.1) is 0 Å². The molecule has 146 valence electrons. The molecule has 0 spiro atoms. The van der Waals surface area contributed by atoms with Crippen LogP contribution >= 0.6 is 0 Å². The zero-order valence-electron chi connectivity index (χ0n) is 15.4. The van der Waals surface area contributed by atoms with Gasteiger partial charge < -0.3 is 23.2 Å². The van der Waals surface area contributed by atoms with Crippen molar-refractivity contribution in [2.24, 2.45) is 0 Å². The summed E-state index contributed by atoms with van der Waals surface area (Å²) in [6.07, 6.45) is -0.435. The van der Waals surface area contributed by atoms with Crippen molar-refractivity contribution >= 4 is 28.0 Å². The molecule has 5 rings (SSSR count). The number of amides is 1. The molecule has 2 aromatic carbocycles. The van der Waals surface area contributed by atoms with E-state index in [1.807, 2.05) is 30.3 Å². The van der Waals surface area contributed by atoms with Crippen LogP contribution in [0, 0.1) is 0 Å². The largest absolute Gasteiger partial charge is 0.456 e. The first-order chi connectivity index (χ1) is 14.2. The molecule has 1 fully saturated rings. The lowest BCUT2D eigenvalue weighted by molar-refractivity contribution is 0.0416. The fraction of sp³-hybridized carbons (Fsp3) is 0.182. The fourth-order valence-electron chi connectivity index (χ4n) is 3.44. The summed E-state index contributed by atoms with van der Waals surface area (Å²) in [7, 11) is 0. The van der Waals surface area contributed by atoms with Crippen molar-refractivity contribution < 1.29 is 23.1 Å². The zero-order chi connectivity index (χ0) is 19.8. The van der Waals surface area contributed by atoms with E-state index >= 15 is 0 Å². The SMILES string of the molecule is O=C(Oc1ccc2oc(=O)cc(-c3cc4ccccc4o3)c2c1)N1CCOCC1. The second kappa shape index (κ2) is 7.10. The van der Waals surface area contributed by atoms with Crippen LogP contribution in [0.4, 0.5) is 4.79 Å². The number of hydrogen-bond acceptors (Lipinski definition) is 6. The molecule has 4 aromatic rings. The summed E-state index contributed by atoms with van der Waals surface area (Å²) in [6.45, 7) is 1.97. The zero-order valence-corrected chi connectivity index (χ0v) is 15.4. The first kappa shape index (κ1) is 17.5. The fourth-order valence-corrected chi connectivity index (χ4v) is 3.44. The van der Waals surface area contributed by atoms with Crippen molar-refractivity contribution in [2.45, 2.75) is 0 Å². The van der Waals surface area contributed by atoms with Gasteiger partial charge in [0.2, 0.25) is 0 Å². The van der Waals surface area contributed by atoms with Gasteiger partial charge in [0.25, 0.3) is 0 Å². The average molecular weight is 391 g/mol. The highest BCUT2D eigenvalue weighted by Crippen LogP contribution is 2.33. The maximum absolute atomic E-state index is 12.4. The highest BCUT2D eigenvalue weighted by atomic mass is 16.6. The lowest BCUT2D eigenvalue weighted by atomic mass is 10.1. The molecule has 2 aromatic heterocycles. The second-order valence-corrected chi connectivity index (χ2v) is 6.75. The van der Waals surface area contributed by atoms with E-state index in [1.165, 1.54) is 6.07 Å². The lowest BCUT2D eigenvalue weighted by Crippen LogP contribution is -2.42. The number of para-hydroxylation sites is 1. The number of hydrogen-bond donors (Lipinski definition) is 0. The van der Waals surface area contributed by atoms with Crippen molar-refractivity contribution in [3.63, 3.8) is 0 Å². The first-order valence-corrected chi connectivity index (χ1v) is 9.29. The summed E-state index contributed by atoms with van der Waals surface area (Å²) in [4.78, 5) is 26.0. The Labute approximate surface area is 165 Å². The molecule has 0 bridgehead atoms. The highest BCUT2D eigenvalue weighted by Gasteiger charge is 2.20. The van der Waals surface area contributed by atoms with Crippen LogP contribution in [0.2, 0.25) is 0 Å². The van der Waals surface area contributed by atoms with E-state index in [1.54, 1.807) is 23.1 Å². The molecular formula is C22H17NO6. The molecule has 29 heavy (non-hydrogen) atoms. The molecule has 3 heterocycles. The van der Waals surface area contributed by atoms with Crippen LogP contribution in [0.25, 0.3) is 33.3 Å². The van der Waals surface area contributed by atoms with Gasteiger partial charge in [0.05, 0.1) is 13.2 Å². The number of morpholine rings is 1. The van der Waals surface area contributed by atoms with Gasteiger partial charge in [-0.3, -0.25) is 0 Å². The van der Waals surface area contributed by atoms with Crippen LogP contribution in [0.15, 0.2) is 68.2 Å². The van der Waals surface area contributed by atoms with Gasteiger partial charge in [-0.1, -0.05) is 18.2 Å². The van der Waals surface area contributed by atoms with E-state index in [0.29, 0.717) is 54.3 Å². The van der Waals surface area contributed by atoms with Crippen molar-refractivity contribution in [3.8, 4) is 17.1 Å². The van der Waals surface area contributed by atoms with E-state index in [4.69, 9.17) is 18.3 Å². The number of carbonyl (C=O) groups is 1. The van der Waals surface area contributed by atoms with E-state index in [2.05, 4.69) is 0 Å². The van der Waals surface area contributed by atoms with Gasteiger partial charge in [-0.25, -0.2) is 9.59 Å². The van der Waals surface area contributed by atoms with Gasteiger partial charge in [0.15, 0.2) is 0 Å². The number of fused-ring (bicyclic) bond motifs is 2. The van der Waals surface area contributed by atoms with Gasteiger partial charge >= 0.3 is 11.7 Å². The smallest absolute Gasteiger partial charge is 0.415 e. The monoisotopic (exact) mass is 391 g/mol. The Morgan fingerprint density at radius 1 is 0.931 bits per heavy atom. The minimum absolute atomic E-state index is 0.361. The van der Waals surface area contributed by atoms with Crippen molar-refractivity contribution in [1.29, 1.82) is 0 Å². The summed E-state index contributed by atoms with van der Waals surface area (Å²) < 4.78 is 22.0. The topological polar surface area (TPSA) is 82.1 Å². The lowest BCUT2D eigenvalue weighted by Gasteiger charge is -2.25. The maximum Gasteiger partial charge on any atom is 0.415 e. The Morgan fingerprint density at radius 3 is 2.59 bits per heavy atom. The number of furan rings is 1. The summed E-state index contributed by atoms with van der Waals surface area (Å²) in [6, 6.07) is 15.8. The molecule has 0 unspecified atom stereocenters. The number of benzene rings is 2. The Bertz CT molecular complexity index is 1230. The van der Waals surface area contributed by atoms with Crippen LogP contribution in [0.1, 0.15) is 0 Å². The third kappa shape index (κ3) is 3.36. The Kier molecular flexibility index (Phi) is 4.29. The second-order valence-electron chi connectivity index (χ2n) is 6.75. The molecule has 0 N–H and O–H groups in total. The molecule has 1 aliphatic heterocycles. The van der Waals surface area contributed by atoms with Gasteiger partial charge in [-0.05, 0) is 30.3 Å². The maximum atomic E-state index is 12.4. The van der Waals surface area contributed by atoms with E-state index in [0.717, 1.165) is 11.0 Å². The minimum Gasteiger partial charge on any atom is -0.456 e. The Morgan fingerprint density at radius 2 is 1.76 bits per heavy atom. The van der Waals surface area contributed by atoms with Crippen LogP contribution < -0.4 is 10.4 Å². The van der Waals surface area contributed by atoms with E-state index in [-0.39, 0.29) is 0 Å². The molecule has 0 radical (unpaired) electrons. The van der Waals surface area contributed by atoms with Gasteiger partial charge in [0.1, 0.15) is 22.7 Å². The quantitative estimate of drug-likeness (QED) is 0.480. The summed E-state index contributed by atoms with van der Waals surface area (Å²) >= 11 is 0. The Hall–Kier alpha value is -3.58. The van der Waals surface area contributed by atoms with E-state index in [9.17, 15) is 9.59 Å². The molecular weight excluding hydrogens is 374 g/mol. The number of carbonyl (C=O) groups excluding carboxylic acids is 1. The minimum atomic E-state index is -0.481. The number of ether oxygens (including phenoxy) is 2. The van der Waals surface area contributed by atoms with Crippen LogP contribution in [-0.4, -0.2) is 37.3 Å². The van der Waals surface area contributed by atoms with Crippen molar-refractivity contribution in [3.05, 3.63) is 65.0 Å². The predicted octanol–water partition coefficient (Wildman–Crippen LogP) is 4.04. The van der Waals surface area contributed by atoms with E-state index < -0.39 is 11.7 Å². The van der Waals surface area contributed by atoms with Gasteiger partial charge in [0, 0.05) is 35.5 Å². The molecule has 1 saturated heterocycles. The summed E-state index contributed by atoms with van der Waals surface area (Å²) in [5, 5.41) is 1.55. The average Bonchev–Trinajstić information content (AvgIpc) is 3.18. The first-order valence-electron chi connectivity index (χ1n) is 9.29. The normalized spacial score (nSPS) is 14.4. The van der Waals surface area contributed by atoms with Crippen LogP contribution in [0.5, 0.6) is 5.75 Å². The highest BCUT2D eigenvalue weighted by molar-refractivity contribution is 5.95. The summed E-state index contributed by atoms with van der Waals surface area (Å²) in [5.41, 5.74) is 1.21. The molecule has 0 saturated carbocycles. The molecule has 0 atom stereocenters. The third-order valence-electron chi connectivity index (χ3n) is 4.88. The molecule has 7 heteroatoms. The van der Waals surface area contributed by atoms with Crippen LogP contribution in [0.3, 0.4) is 0 Å². The molecule has 1 amide bonds. The standard InChI is InChI=1S/C22H17NO6/c24-21-13-17(20-11-14-3-1-2-4-18(14)28-20)16-12-15(5-6-19(16)29-21)27-22(25)23-7-9-26-10-8-23/h1-6,11-13H,7-10H2. The van der Waals surface area contributed by atoms with Crippen molar-refractivity contribution in [1.82, 2.24) is 4.90 Å². The number of rotatable bonds is 2. The summed E-state index contributed by atoms with van der Waals surface area (Å²) in [5.74, 6) is 0.904. The number of nitrogens with zero attached hydrogens (tertiary/aromatic N) is 1. The van der Waals surface area contributed by atoms with Crippen molar-refractivity contribution in [2.75, 3.05) is 26.3 Å².